The number of hydrogen-bond acceptors (Lipinski definition) is 6. The Bertz CT molecular complexity index is 1490. The summed E-state index contributed by atoms with van der Waals surface area (Å²) in [6, 6.07) is 5.60. The number of anilines is 1. The maximum atomic E-state index is 14.8. The molecular formula is C25H23F2N5O4. The quantitative estimate of drug-likeness (QED) is 0.578. The van der Waals surface area contributed by atoms with Crippen LogP contribution in [0.25, 0.3) is 10.8 Å². The minimum absolute atomic E-state index is 0.0349. The molecule has 0 fully saturated rings. The molecule has 0 spiro atoms. The van der Waals surface area contributed by atoms with Crippen LogP contribution >= 0.6 is 0 Å². The van der Waals surface area contributed by atoms with Crippen molar-refractivity contribution >= 4 is 34.3 Å². The summed E-state index contributed by atoms with van der Waals surface area (Å²) in [5.74, 6) is -1.21. The fourth-order valence-electron chi connectivity index (χ4n) is 4.76. The second-order valence-electron chi connectivity index (χ2n) is 9.70. The summed E-state index contributed by atoms with van der Waals surface area (Å²) < 4.78 is 34.4. The van der Waals surface area contributed by atoms with E-state index in [0.717, 1.165) is 12.1 Å². The van der Waals surface area contributed by atoms with Crippen LogP contribution in [0, 0.1) is 11.6 Å². The summed E-state index contributed by atoms with van der Waals surface area (Å²) in [6.07, 6.45) is -0.833. The van der Waals surface area contributed by atoms with Gasteiger partial charge in [0.15, 0.2) is 0 Å². The Morgan fingerprint density at radius 3 is 2.39 bits per heavy atom. The lowest BCUT2D eigenvalue weighted by atomic mass is 9.86. The highest BCUT2D eigenvalue weighted by Crippen LogP contribution is 2.50. The Balaban J connectivity index is 1.88. The molecule has 0 aliphatic carbocycles. The Kier molecular flexibility index (Phi) is 5.38. The topological polar surface area (TPSA) is 108 Å². The zero-order valence-electron chi connectivity index (χ0n) is 20.0. The fraction of sp³-hybridized carbons (Fsp3) is 0.320. The smallest absolute Gasteiger partial charge is 0.415 e. The van der Waals surface area contributed by atoms with Crippen LogP contribution in [0.15, 0.2) is 46.2 Å². The number of ether oxygens (including phenoxy) is 1. The van der Waals surface area contributed by atoms with E-state index in [-0.39, 0.29) is 34.6 Å². The fourth-order valence-corrected chi connectivity index (χ4v) is 4.76. The standard InChI is InChI=1S/C25H23F2N5O4/c1-12-28-11-18(33)31(12)22-20-19-16(23(34)30-29-20)9-15(27)10-17(19)32(24(35)36-25(2,3)4)21(22)13-5-7-14(26)8-6-13/h5-10,21-22H,11H2,1-4H3,(H,30,34). The first kappa shape index (κ1) is 23.6. The maximum absolute atomic E-state index is 14.8. The lowest BCUT2D eigenvalue weighted by Gasteiger charge is -2.44. The first-order valence-corrected chi connectivity index (χ1v) is 11.3. The number of carbonyl (C=O) groups excluding carboxylic acids is 2. The number of aromatic amines is 1. The van der Waals surface area contributed by atoms with Crippen LogP contribution in [0.3, 0.4) is 0 Å². The number of hydrogen-bond donors (Lipinski definition) is 1. The maximum Gasteiger partial charge on any atom is 0.415 e. The van der Waals surface area contributed by atoms with E-state index < -0.39 is 41.0 Å². The molecule has 2 aromatic carbocycles. The Labute approximate surface area is 204 Å². The number of benzene rings is 2. The van der Waals surface area contributed by atoms with E-state index in [0.29, 0.717) is 11.4 Å². The van der Waals surface area contributed by atoms with Gasteiger partial charge in [0.2, 0.25) is 5.91 Å². The van der Waals surface area contributed by atoms with E-state index in [9.17, 15) is 23.2 Å². The molecule has 36 heavy (non-hydrogen) atoms. The number of halogens is 2. The molecule has 0 bridgehead atoms. The number of H-pyrrole nitrogens is 1. The third-order valence-corrected chi connectivity index (χ3v) is 6.12. The molecule has 9 nitrogen and oxygen atoms in total. The second kappa shape index (κ2) is 8.21. The second-order valence-corrected chi connectivity index (χ2v) is 9.70. The van der Waals surface area contributed by atoms with Gasteiger partial charge in [-0.15, -0.1) is 0 Å². The summed E-state index contributed by atoms with van der Waals surface area (Å²) >= 11 is 0. The van der Waals surface area contributed by atoms with Crippen molar-refractivity contribution in [2.24, 2.45) is 4.99 Å². The van der Waals surface area contributed by atoms with Crippen molar-refractivity contribution in [2.45, 2.75) is 45.4 Å². The van der Waals surface area contributed by atoms with Crippen LogP contribution in [0.1, 0.15) is 51.0 Å². The van der Waals surface area contributed by atoms with E-state index in [1.807, 2.05) is 0 Å². The SMILES string of the molecule is CC1=NCC(=O)N1C1c2n[nH]c(=O)c3cc(F)cc(c23)N(C(=O)OC(C)(C)C)C1c1ccc(F)cc1. The van der Waals surface area contributed by atoms with Crippen molar-refractivity contribution in [2.75, 3.05) is 11.4 Å². The number of aromatic nitrogens is 2. The average Bonchev–Trinajstić information content (AvgIpc) is 3.12. The molecule has 1 aromatic heterocycles. The minimum Gasteiger partial charge on any atom is -0.443 e. The summed E-state index contributed by atoms with van der Waals surface area (Å²) in [5.41, 5.74) is -0.829. The van der Waals surface area contributed by atoms with Crippen LogP contribution in [0.2, 0.25) is 0 Å². The average molecular weight is 495 g/mol. The van der Waals surface area contributed by atoms with Gasteiger partial charge < -0.3 is 4.74 Å². The van der Waals surface area contributed by atoms with Crippen LogP contribution in [0.5, 0.6) is 0 Å². The van der Waals surface area contributed by atoms with E-state index in [2.05, 4.69) is 15.2 Å². The van der Waals surface area contributed by atoms with Crippen LogP contribution < -0.4 is 10.5 Å². The van der Waals surface area contributed by atoms with Gasteiger partial charge in [0.25, 0.3) is 5.56 Å². The van der Waals surface area contributed by atoms with Gasteiger partial charge in [-0.1, -0.05) is 12.1 Å². The lowest BCUT2D eigenvalue weighted by molar-refractivity contribution is -0.127. The zero-order chi connectivity index (χ0) is 25.9. The molecular weight excluding hydrogens is 472 g/mol. The number of aliphatic imine (C=N–C) groups is 1. The van der Waals surface area contributed by atoms with E-state index >= 15 is 0 Å². The van der Waals surface area contributed by atoms with Gasteiger partial charge in [-0.2, -0.15) is 5.10 Å². The lowest BCUT2D eigenvalue weighted by Crippen LogP contribution is -2.50. The number of nitrogens with zero attached hydrogens (tertiary/aromatic N) is 4. The molecule has 0 radical (unpaired) electrons. The molecule has 2 amide bonds. The predicted octanol–water partition coefficient (Wildman–Crippen LogP) is 4.00. The molecule has 11 heteroatoms. The summed E-state index contributed by atoms with van der Waals surface area (Å²) in [5, 5.41) is 6.82. The van der Waals surface area contributed by atoms with Crippen molar-refractivity contribution < 1.29 is 23.1 Å². The van der Waals surface area contributed by atoms with Gasteiger partial charge >= 0.3 is 6.09 Å². The van der Waals surface area contributed by atoms with Crippen LogP contribution in [-0.2, 0) is 9.53 Å². The molecule has 0 saturated heterocycles. The highest BCUT2D eigenvalue weighted by Gasteiger charge is 2.48. The number of carbonyl (C=O) groups is 2. The Hall–Kier alpha value is -4.15. The number of rotatable bonds is 2. The molecule has 3 heterocycles. The summed E-state index contributed by atoms with van der Waals surface area (Å²) in [4.78, 5) is 46.2. The van der Waals surface area contributed by atoms with E-state index in [1.165, 1.54) is 34.1 Å². The third kappa shape index (κ3) is 3.80. The van der Waals surface area contributed by atoms with E-state index in [1.54, 1.807) is 27.7 Å². The van der Waals surface area contributed by atoms with E-state index in [4.69, 9.17) is 4.74 Å². The van der Waals surface area contributed by atoms with Crippen LogP contribution in [0.4, 0.5) is 19.3 Å². The van der Waals surface area contributed by atoms with Crippen molar-refractivity contribution in [1.82, 2.24) is 15.1 Å². The van der Waals surface area contributed by atoms with Crippen molar-refractivity contribution in [3.8, 4) is 0 Å². The van der Waals surface area contributed by atoms with Crippen molar-refractivity contribution in [3.05, 3.63) is 69.6 Å². The molecule has 2 unspecified atom stereocenters. The largest absolute Gasteiger partial charge is 0.443 e. The van der Waals surface area contributed by atoms with Gasteiger partial charge in [-0.05, 0) is 57.5 Å². The van der Waals surface area contributed by atoms with Gasteiger partial charge in [0, 0.05) is 5.39 Å². The molecule has 2 aliphatic rings. The predicted molar refractivity (Wildman–Crippen MR) is 128 cm³/mol. The number of amides is 2. The van der Waals surface area contributed by atoms with Crippen molar-refractivity contribution in [3.63, 3.8) is 0 Å². The molecule has 0 saturated carbocycles. The Morgan fingerprint density at radius 1 is 1.08 bits per heavy atom. The molecule has 1 N–H and O–H groups in total. The molecule has 186 valence electrons. The summed E-state index contributed by atoms with van der Waals surface area (Å²) in [6.45, 7) is 6.59. The van der Waals surface area contributed by atoms with Gasteiger partial charge in [-0.3, -0.25) is 24.4 Å². The Morgan fingerprint density at radius 2 is 1.78 bits per heavy atom. The third-order valence-electron chi connectivity index (χ3n) is 6.12. The first-order chi connectivity index (χ1) is 17.0. The number of nitrogens with one attached hydrogen (secondary N) is 1. The van der Waals surface area contributed by atoms with Gasteiger partial charge in [0.05, 0.1) is 22.8 Å². The highest BCUT2D eigenvalue weighted by molar-refractivity contribution is 6.08. The van der Waals surface area contributed by atoms with Gasteiger partial charge in [-0.25, -0.2) is 18.7 Å². The summed E-state index contributed by atoms with van der Waals surface area (Å²) in [7, 11) is 0. The first-order valence-electron chi connectivity index (χ1n) is 11.3. The zero-order valence-corrected chi connectivity index (χ0v) is 20.0. The molecule has 2 aliphatic heterocycles. The van der Waals surface area contributed by atoms with Gasteiger partial charge in [0.1, 0.15) is 35.7 Å². The monoisotopic (exact) mass is 495 g/mol. The van der Waals surface area contributed by atoms with Crippen LogP contribution in [-0.4, -0.2) is 45.1 Å². The normalized spacial score (nSPS) is 19.6. The molecule has 5 rings (SSSR count). The minimum atomic E-state index is -1.01. The molecule has 2 atom stereocenters. The van der Waals surface area contributed by atoms with Crippen molar-refractivity contribution in [1.29, 1.82) is 0 Å². The molecule has 3 aromatic rings. The highest BCUT2D eigenvalue weighted by atomic mass is 19.1. The number of amidine groups is 1.